The molecule has 0 aromatic heterocycles. The van der Waals surface area contributed by atoms with Crippen LogP contribution in [0, 0.1) is 17.2 Å². The Morgan fingerprint density at radius 2 is 1.79 bits per heavy atom. The number of carbonyl (C=O) groups excluding carboxylic acids is 1. The minimum atomic E-state index is -0.308. The van der Waals surface area contributed by atoms with E-state index in [2.05, 4.69) is 17.3 Å². The Kier molecular flexibility index (Phi) is 4.93. The molecule has 1 atom stereocenters. The van der Waals surface area contributed by atoms with Gasteiger partial charge in [0.1, 0.15) is 5.82 Å². The maximum Gasteiger partial charge on any atom is 0.227 e. The van der Waals surface area contributed by atoms with Gasteiger partial charge in [-0.15, -0.1) is 0 Å². The average Bonchev–Trinajstić information content (AvgIpc) is 2.57. The molecular weight excluding hydrogens is 398 g/mol. The molecule has 0 saturated heterocycles. The van der Waals surface area contributed by atoms with Crippen LogP contribution in [0.2, 0.25) is 10.0 Å². The third kappa shape index (κ3) is 3.32. The van der Waals surface area contributed by atoms with Crippen LogP contribution in [0.15, 0.2) is 42.5 Å². The van der Waals surface area contributed by atoms with Crippen LogP contribution in [-0.2, 0) is 11.3 Å². The molecule has 28 heavy (non-hydrogen) atoms. The van der Waals surface area contributed by atoms with Gasteiger partial charge in [-0.25, -0.2) is 4.39 Å². The maximum atomic E-state index is 13.0. The molecule has 5 rings (SSSR count). The van der Waals surface area contributed by atoms with E-state index in [1.807, 2.05) is 25.1 Å². The molecule has 2 aromatic carbocycles. The lowest BCUT2D eigenvalue weighted by atomic mass is 9.35. The number of carbonyl (C=O) groups is 1. The second-order valence-corrected chi connectivity index (χ2v) is 9.25. The second-order valence-electron chi connectivity index (χ2n) is 8.44. The highest BCUT2D eigenvalue weighted by Gasteiger charge is 2.71. The van der Waals surface area contributed by atoms with Crippen LogP contribution in [0.4, 0.5) is 10.1 Å². The van der Waals surface area contributed by atoms with Crippen molar-refractivity contribution in [2.24, 2.45) is 11.3 Å². The molecule has 0 heterocycles. The molecule has 3 nitrogen and oxygen atoms in total. The Bertz CT molecular complexity index is 895. The van der Waals surface area contributed by atoms with Crippen molar-refractivity contribution in [1.82, 2.24) is 4.90 Å². The summed E-state index contributed by atoms with van der Waals surface area (Å²) in [4.78, 5) is 15.0. The monoisotopic (exact) mass is 420 g/mol. The van der Waals surface area contributed by atoms with Crippen molar-refractivity contribution in [3.8, 4) is 0 Å². The number of nitrogens with zero attached hydrogens (tertiary/aromatic N) is 1. The number of benzene rings is 2. The Labute approximate surface area is 174 Å². The summed E-state index contributed by atoms with van der Waals surface area (Å²) < 4.78 is 13.0. The molecule has 3 saturated carbocycles. The number of halogens is 3. The third-order valence-electron chi connectivity index (χ3n) is 6.68. The fraction of sp³-hybridized carbons (Fsp3) is 0.409. The van der Waals surface area contributed by atoms with E-state index in [0.29, 0.717) is 15.7 Å². The van der Waals surface area contributed by atoms with Gasteiger partial charge in [0.2, 0.25) is 5.91 Å². The highest BCUT2D eigenvalue weighted by atomic mass is 35.5. The summed E-state index contributed by atoms with van der Waals surface area (Å²) in [5.74, 6) is -0.373. The van der Waals surface area contributed by atoms with E-state index in [9.17, 15) is 9.18 Å². The van der Waals surface area contributed by atoms with Gasteiger partial charge in [-0.1, -0.05) is 36.2 Å². The van der Waals surface area contributed by atoms with E-state index in [0.717, 1.165) is 31.4 Å². The SMILES string of the molecule is CC(C(=O)Nc1ccc(F)cc1)C12CC(N(C)Cc3ccc(Cl)c(Cl)c3)(C1)C2. The first-order valence-electron chi connectivity index (χ1n) is 9.45. The fourth-order valence-electron chi connectivity index (χ4n) is 4.82. The van der Waals surface area contributed by atoms with Crippen LogP contribution in [0.5, 0.6) is 0 Å². The van der Waals surface area contributed by atoms with E-state index >= 15 is 0 Å². The molecule has 2 aromatic rings. The minimum absolute atomic E-state index is 0.00652. The first kappa shape index (κ1) is 19.7. The van der Waals surface area contributed by atoms with Gasteiger partial charge >= 0.3 is 0 Å². The first-order valence-corrected chi connectivity index (χ1v) is 10.2. The Morgan fingerprint density at radius 1 is 1.14 bits per heavy atom. The van der Waals surface area contributed by atoms with Gasteiger partial charge in [-0.05, 0) is 73.7 Å². The maximum absolute atomic E-state index is 13.0. The van der Waals surface area contributed by atoms with E-state index < -0.39 is 0 Å². The average molecular weight is 421 g/mol. The largest absolute Gasteiger partial charge is 0.326 e. The molecule has 3 aliphatic carbocycles. The molecule has 1 amide bonds. The van der Waals surface area contributed by atoms with Gasteiger partial charge in [0.25, 0.3) is 0 Å². The summed E-state index contributed by atoms with van der Waals surface area (Å²) in [5, 5.41) is 4.06. The van der Waals surface area contributed by atoms with Gasteiger partial charge in [0.15, 0.2) is 0 Å². The summed E-state index contributed by atoms with van der Waals surface area (Å²) in [7, 11) is 2.13. The molecule has 6 heteroatoms. The van der Waals surface area contributed by atoms with Crippen LogP contribution in [0.1, 0.15) is 31.7 Å². The Hall–Kier alpha value is -1.62. The van der Waals surface area contributed by atoms with Crippen molar-refractivity contribution in [3.05, 3.63) is 63.9 Å². The zero-order valence-electron chi connectivity index (χ0n) is 15.9. The van der Waals surface area contributed by atoms with Crippen LogP contribution in [0.3, 0.4) is 0 Å². The molecule has 0 aliphatic heterocycles. The van der Waals surface area contributed by atoms with Crippen molar-refractivity contribution >= 4 is 34.8 Å². The van der Waals surface area contributed by atoms with E-state index in [1.54, 1.807) is 12.1 Å². The molecule has 148 valence electrons. The van der Waals surface area contributed by atoms with Crippen LogP contribution >= 0.6 is 23.2 Å². The molecular formula is C22H23Cl2FN2O. The zero-order valence-corrected chi connectivity index (χ0v) is 17.4. The molecule has 3 fully saturated rings. The number of anilines is 1. The molecule has 2 bridgehead atoms. The van der Waals surface area contributed by atoms with Crippen LogP contribution in [0.25, 0.3) is 0 Å². The number of rotatable bonds is 6. The van der Waals surface area contributed by atoms with Crippen molar-refractivity contribution in [2.75, 3.05) is 12.4 Å². The van der Waals surface area contributed by atoms with Crippen LogP contribution < -0.4 is 5.32 Å². The van der Waals surface area contributed by atoms with Crippen LogP contribution in [-0.4, -0.2) is 23.4 Å². The van der Waals surface area contributed by atoms with Gasteiger partial charge in [0.05, 0.1) is 10.0 Å². The Balaban J connectivity index is 1.34. The third-order valence-corrected chi connectivity index (χ3v) is 7.42. The fourth-order valence-corrected chi connectivity index (χ4v) is 5.14. The van der Waals surface area contributed by atoms with E-state index in [4.69, 9.17) is 23.2 Å². The predicted molar refractivity (Wildman–Crippen MR) is 111 cm³/mol. The summed E-state index contributed by atoms with van der Waals surface area (Å²) >= 11 is 12.1. The summed E-state index contributed by atoms with van der Waals surface area (Å²) in [6.07, 6.45) is 3.07. The molecule has 3 aliphatic rings. The second kappa shape index (κ2) is 7.01. The van der Waals surface area contributed by atoms with Gasteiger partial charge < -0.3 is 5.32 Å². The van der Waals surface area contributed by atoms with Gasteiger partial charge in [0, 0.05) is 23.7 Å². The smallest absolute Gasteiger partial charge is 0.227 e. The normalized spacial score (nSPS) is 26.4. The summed E-state index contributed by atoms with van der Waals surface area (Å²) in [6.45, 7) is 2.81. The molecule has 0 spiro atoms. The lowest BCUT2D eigenvalue weighted by Crippen LogP contribution is -2.76. The highest BCUT2D eigenvalue weighted by molar-refractivity contribution is 6.42. The van der Waals surface area contributed by atoms with E-state index in [1.165, 1.54) is 12.1 Å². The highest BCUT2D eigenvalue weighted by Crippen LogP contribution is 2.72. The summed E-state index contributed by atoms with van der Waals surface area (Å²) in [5.41, 5.74) is 2.03. The standard InChI is InChI=1S/C22H23Cl2FN2O/c1-14(20(28)26-17-6-4-16(25)5-7-17)21-11-22(12-21,13-21)27(2)10-15-3-8-18(23)19(24)9-15/h3-9,14H,10-13H2,1-2H3,(H,26,28). The summed E-state index contributed by atoms with van der Waals surface area (Å²) in [6, 6.07) is 11.6. The topological polar surface area (TPSA) is 32.3 Å². The quantitative estimate of drug-likeness (QED) is 0.643. The minimum Gasteiger partial charge on any atom is -0.326 e. The van der Waals surface area contributed by atoms with Crippen molar-refractivity contribution in [1.29, 1.82) is 0 Å². The number of hydrogen-bond donors (Lipinski definition) is 1. The van der Waals surface area contributed by atoms with Crippen molar-refractivity contribution in [3.63, 3.8) is 0 Å². The molecule has 1 unspecified atom stereocenters. The number of amides is 1. The van der Waals surface area contributed by atoms with E-state index in [-0.39, 0.29) is 28.6 Å². The molecule has 0 radical (unpaired) electrons. The van der Waals surface area contributed by atoms with Gasteiger partial charge in [-0.3, -0.25) is 9.69 Å². The predicted octanol–water partition coefficient (Wildman–Crippen LogP) is 5.76. The first-order chi connectivity index (χ1) is 13.2. The Morgan fingerprint density at radius 3 is 2.39 bits per heavy atom. The number of nitrogens with one attached hydrogen (secondary N) is 1. The molecule has 1 N–H and O–H groups in total. The van der Waals surface area contributed by atoms with Gasteiger partial charge in [-0.2, -0.15) is 0 Å². The lowest BCUT2D eigenvalue weighted by molar-refractivity contribution is -0.237. The zero-order chi connectivity index (χ0) is 20.1. The lowest BCUT2D eigenvalue weighted by Gasteiger charge is -2.75. The van der Waals surface area contributed by atoms with Crippen molar-refractivity contribution in [2.45, 2.75) is 38.3 Å². The number of hydrogen-bond acceptors (Lipinski definition) is 2. The van der Waals surface area contributed by atoms with Crippen molar-refractivity contribution < 1.29 is 9.18 Å².